The molecule has 1 aromatic carbocycles. The number of ether oxygens (including phenoxy) is 2. The van der Waals surface area contributed by atoms with Crippen molar-refractivity contribution >= 4 is 35.0 Å². The molecule has 6 nitrogen and oxygen atoms in total. The Morgan fingerprint density at radius 3 is 2.48 bits per heavy atom. The summed E-state index contributed by atoms with van der Waals surface area (Å²) >= 11 is 5.70. The van der Waals surface area contributed by atoms with E-state index in [0.29, 0.717) is 17.9 Å². The molecule has 2 heterocycles. The highest BCUT2D eigenvalue weighted by Gasteiger charge is 2.31. The lowest BCUT2D eigenvalue weighted by Crippen LogP contribution is -2.41. The average molecular weight is 313 g/mol. The molecule has 2 amide bonds. The molecule has 2 aliphatic rings. The van der Waals surface area contributed by atoms with Gasteiger partial charge in [-0.15, -0.1) is 11.6 Å². The van der Waals surface area contributed by atoms with Crippen molar-refractivity contribution in [2.75, 3.05) is 41.9 Å². The summed E-state index contributed by atoms with van der Waals surface area (Å²) in [6, 6.07) is 6.48. The maximum absolute atomic E-state index is 11.9. The van der Waals surface area contributed by atoms with E-state index in [-0.39, 0.29) is 25.2 Å². The lowest BCUT2D eigenvalue weighted by molar-refractivity contribution is -0.125. The van der Waals surface area contributed by atoms with E-state index in [4.69, 9.17) is 23.8 Å². The number of halogens is 1. The number of cyclic esters (lactones) is 1. The molecule has 0 spiro atoms. The van der Waals surface area contributed by atoms with E-state index < -0.39 is 18.5 Å². The lowest BCUT2D eigenvalue weighted by Gasteiger charge is -2.27. The molecule has 0 unspecified atom stereocenters. The van der Waals surface area contributed by atoms with Gasteiger partial charge in [0.05, 0.1) is 21.8 Å². The number of alkyl halides is 1. The molecule has 0 bridgehead atoms. The molecule has 0 radical (unpaired) electrons. The first kappa shape index (κ1) is 11.8. The number of hydrogen-bond donors (Lipinski definition) is 0. The number of nitrogens with zero attached hydrogens (tertiary/aromatic N) is 2. The number of rotatable bonds is 3. The summed E-state index contributed by atoms with van der Waals surface area (Å²) < 4.78 is 25.8. The Bertz CT molecular complexity index is 626. The highest BCUT2D eigenvalue weighted by molar-refractivity contribution is 6.18. The van der Waals surface area contributed by atoms with Gasteiger partial charge < -0.3 is 14.4 Å². The van der Waals surface area contributed by atoms with Crippen LogP contribution in [-0.4, -0.2) is 50.2 Å². The van der Waals surface area contributed by atoms with Crippen LogP contribution >= 0.6 is 11.6 Å². The maximum atomic E-state index is 11.9. The van der Waals surface area contributed by atoms with Crippen LogP contribution in [0.15, 0.2) is 24.3 Å². The third-order valence-electron chi connectivity index (χ3n) is 3.27. The van der Waals surface area contributed by atoms with Crippen LogP contribution in [0.5, 0.6) is 0 Å². The van der Waals surface area contributed by atoms with Crippen molar-refractivity contribution in [2.45, 2.75) is 6.10 Å². The Labute approximate surface area is 130 Å². The zero-order chi connectivity index (χ0) is 16.6. The van der Waals surface area contributed by atoms with Gasteiger partial charge in [0.15, 0.2) is 0 Å². The topological polar surface area (TPSA) is 59.1 Å². The Morgan fingerprint density at radius 1 is 1.24 bits per heavy atom. The highest BCUT2D eigenvalue weighted by Crippen LogP contribution is 2.25. The normalized spacial score (nSPS) is 26.4. The van der Waals surface area contributed by atoms with E-state index in [1.807, 2.05) is 0 Å². The van der Waals surface area contributed by atoms with Crippen LogP contribution in [0, 0.1) is 0 Å². The van der Waals surface area contributed by atoms with Crippen molar-refractivity contribution < 1.29 is 21.8 Å². The molecular weight excluding hydrogens is 296 g/mol. The minimum absolute atomic E-state index is 0.156. The molecule has 112 valence electrons. The van der Waals surface area contributed by atoms with E-state index in [2.05, 4.69) is 0 Å². The van der Waals surface area contributed by atoms with Gasteiger partial charge in [-0.3, -0.25) is 9.69 Å². The fourth-order valence-corrected chi connectivity index (χ4v) is 2.39. The van der Waals surface area contributed by atoms with Gasteiger partial charge in [0.25, 0.3) is 5.91 Å². The zero-order valence-corrected chi connectivity index (χ0v) is 11.9. The van der Waals surface area contributed by atoms with Gasteiger partial charge in [0.2, 0.25) is 0 Å². The molecule has 1 aromatic rings. The molecule has 3 rings (SSSR count). The summed E-state index contributed by atoms with van der Waals surface area (Å²) in [6.07, 6.45) is -0.819. The first-order valence-corrected chi connectivity index (χ1v) is 7.01. The molecule has 0 saturated carbocycles. The summed E-state index contributed by atoms with van der Waals surface area (Å²) in [5.41, 5.74) is 1.01. The summed E-state index contributed by atoms with van der Waals surface area (Å²) in [7, 11) is 0. The smallest absolute Gasteiger partial charge is 0.414 e. The quantitative estimate of drug-likeness (QED) is 0.796. The first-order chi connectivity index (χ1) is 10.9. The van der Waals surface area contributed by atoms with Crippen molar-refractivity contribution in [2.24, 2.45) is 0 Å². The van der Waals surface area contributed by atoms with E-state index >= 15 is 0 Å². The third kappa shape index (κ3) is 2.82. The van der Waals surface area contributed by atoms with Crippen LogP contribution in [0.2, 0.25) is 0 Å². The molecule has 1 atom stereocenters. The molecule has 2 aliphatic heterocycles. The zero-order valence-electron chi connectivity index (χ0n) is 13.1. The Hall–Kier alpha value is -1.79. The lowest BCUT2D eigenvalue weighted by atomic mass is 10.2. The van der Waals surface area contributed by atoms with E-state index in [0.717, 1.165) is 4.90 Å². The van der Waals surface area contributed by atoms with Gasteiger partial charge in [-0.05, 0) is 24.3 Å². The first-order valence-electron chi connectivity index (χ1n) is 7.47. The fourth-order valence-electron chi connectivity index (χ4n) is 2.23. The van der Waals surface area contributed by atoms with Gasteiger partial charge in [-0.2, -0.15) is 0 Å². The predicted octanol–water partition coefficient (Wildman–Crippen LogP) is 1.61. The summed E-state index contributed by atoms with van der Waals surface area (Å²) in [4.78, 5) is 26.3. The van der Waals surface area contributed by atoms with Gasteiger partial charge in [0.1, 0.15) is 12.7 Å². The number of carbonyl (C=O) groups is 2. The molecule has 21 heavy (non-hydrogen) atoms. The number of anilines is 2. The van der Waals surface area contributed by atoms with E-state index in [9.17, 15) is 9.59 Å². The monoisotopic (exact) mass is 312 g/mol. The van der Waals surface area contributed by atoms with E-state index in [1.54, 1.807) is 24.3 Å². The Kier molecular flexibility index (Phi) is 3.33. The van der Waals surface area contributed by atoms with Crippen LogP contribution in [0.25, 0.3) is 0 Å². The maximum Gasteiger partial charge on any atom is 0.414 e. The third-order valence-corrected chi connectivity index (χ3v) is 3.61. The van der Waals surface area contributed by atoms with Crippen molar-refractivity contribution in [3.63, 3.8) is 0 Å². The Balaban J connectivity index is 1.82. The summed E-state index contributed by atoms with van der Waals surface area (Å²) in [6.45, 7) is -1.89. The molecule has 0 aromatic heterocycles. The van der Waals surface area contributed by atoms with E-state index in [1.165, 1.54) is 4.90 Å². The van der Waals surface area contributed by atoms with Gasteiger partial charge in [-0.1, -0.05) is 0 Å². The number of morpholine rings is 1. The van der Waals surface area contributed by atoms with Crippen LogP contribution < -0.4 is 9.80 Å². The molecular formula is C14H15ClN2O4. The van der Waals surface area contributed by atoms with Crippen LogP contribution in [0.4, 0.5) is 16.2 Å². The average Bonchev–Trinajstić information content (AvgIpc) is 2.88. The molecule has 2 saturated heterocycles. The van der Waals surface area contributed by atoms with Crippen molar-refractivity contribution in [1.29, 1.82) is 0 Å². The van der Waals surface area contributed by atoms with Crippen molar-refractivity contribution in [1.82, 2.24) is 0 Å². The van der Waals surface area contributed by atoms with Crippen LogP contribution in [0.1, 0.15) is 2.74 Å². The second-order valence-corrected chi connectivity index (χ2v) is 4.98. The van der Waals surface area contributed by atoms with Gasteiger partial charge in [0, 0.05) is 17.9 Å². The number of amides is 2. The number of carbonyl (C=O) groups excluding carboxylic acids is 2. The molecule has 2 fully saturated rings. The summed E-state index contributed by atoms with van der Waals surface area (Å²) in [5.74, 6) is -0.222. The minimum atomic E-state index is -1.91. The Morgan fingerprint density at radius 2 is 1.90 bits per heavy atom. The van der Waals surface area contributed by atoms with Gasteiger partial charge in [-0.25, -0.2) is 4.79 Å². The second-order valence-electron chi connectivity index (χ2n) is 4.67. The van der Waals surface area contributed by atoms with Gasteiger partial charge >= 0.3 is 6.09 Å². The van der Waals surface area contributed by atoms with Crippen LogP contribution in [-0.2, 0) is 14.3 Å². The molecule has 7 heteroatoms. The standard InChI is InChI=1S/C14H15ClN2O4/c15-7-12-8-17(14(19)21-12)11-3-1-10(2-4-11)16-5-6-20-9-13(16)18/h1-4,12H,5-9H2/t12-/m0/s1/i5D2. The number of benzene rings is 1. The largest absolute Gasteiger partial charge is 0.443 e. The SMILES string of the molecule is [2H]C1([2H])COCC(=O)N1c1ccc(N2C[C@H](CCl)OC2=O)cc1. The van der Waals surface area contributed by atoms with Crippen molar-refractivity contribution in [3.05, 3.63) is 24.3 Å². The van der Waals surface area contributed by atoms with Crippen molar-refractivity contribution in [3.8, 4) is 0 Å². The minimum Gasteiger partial charge on any atom is -0.443 e. The summed E-state index contributed by atoms with van der Waals surface area (Å²) in [5, 5.41) is 0. The van der Waals surface area contributed by atoms with Crippen LogP contribution in [0.3, 0.4) is 0 Å². The fraction of sp³-hybridized carbons (Fsp3) is 0.429. The molecule has 0 aliphatic carbocycles. The number of hydrogen-bond acceptors (Lipinski definition) is 4. The predicted molar refractivity (Wildman–Crippen MR) is 77.9 cm³/mol. The molecule has 0 N–H and O–H groups in total. The second kappa shape index (κ2) is 5.91. The highest BCUT2D eigenvalue weighted by atomic mass is 35.5.